The first-order valence-corrected chi connectivity index (χ1v) is 8.42. The molecule has 3 aromatic rings. The van der Waals surface area contributed by atoms with Crippen molar-refractivity contribution in [1.29, 1.82) is 0 Å². The molecule has 24 heavy (non-hydrogen) atoms. The summed E-state index contributed by atoms with van der Waals surface area (Å²) in [7, 11) is 1.39. The lowest BCUT2D eigenvalue weighted by molar-refractivity contribution is -0.142. The zero-order chi connectivity index (χ0) is 17.3. The first kappa shape index (κ1) is 16.4. The summed E-state index contributed by atoms with van der Waals surface area (Å²) in [6.07, 6.45) is 0. The third-order valence-electron chi connectivity index (χ3n) is 3.96. The van der Waals surface area contributed by atoms with Crippen LogP contribution >= 0.6 is 11.3 Å². The van der Waals surface area contributed by atoms with Crippen LogP contribution < -0.4 is 0 Å². The van der Waals surface area contributed by atoms with Crippen LogP contribution in [0.25, 0.3) is 11.4 Å². The lowest BCUT2D eigenvalue weighted by atomic mass is 9.99. The Balaban J connectivity index is 1.85. The molecule has 0 radical (unpaired) electrons. The molecule has 126 valence electrons. The van der Waals surface area contributed by atoms with E-state index >= 15 is 0 Å². The number of aromatic nitrogens is 4. The van der Waals surface area contributed by atoms with E-state index in [2.05, 4.69) is 15.2 Å². The molecule has 0 aliphatic rings. The number of aryl methyl sites for hydroxylation is 1. The molecule has 3 rings (SSSR count). The van der Waals surface area contributed by atoms with E-state index in [0.29, 0.717) is 18.3 Å². The molecular weight excluding hydrogens is 328 g/mol. The number of rotatable bonds is 5. The van der Waals surface area contributed by atoms with Crippen molar-refractivity contribution >= 4 is 17.3 Å². The van der Waals surface area contributed by atoms with Crippen molar-refractivity contribution in [3.05, 3.63) is 39.7 Å². The van der Waals surface area contributed by atoms with E-state index in [1.54, 1.807) is 16.0 Å². The summed E-state index contributed by atoms with van der Waals surface area (Å²) in [6.45, 7) is 5.97. The summed E-state index contributed by atoms with van der Waals surface area (Å²) in [5.74, 6) is 0.390. The minimum absolute atomic E-state index is 0.279. The number of carbonyl (C=O) groups excluding carboxylic acids is 1. The van der Waals surface area contributed by atoms with Gasteiger partial charge in [-0.3, -0.25) is 9.48 Å². The molecule has 3 heterocycles. The topological polar surface area (TPSA) is 83.0 Å². The van der Waals surface area contributed by atoms with Crippen LogP contribution in [-0.2, 0) is 16.1 Å². The SMILES string of the molecule is COC(=O)[C@H](C)c1c(C)nn(Cc2nc(-c3ccsc3)no2)c1C. The molecule has 7 nitrogen and oxygen atoms in total. The largest absolute Gasteiger partial charge is 0.469 e. The van der Waals surface area contributed by atoms with Crippen LogP contribution in [0.4, 0.5) is 0 Å². The number of carbonyl (C=O) groups is 1. The van der Waals surface area contributed by atoms with Crippen LogP contribution in [0.2, 0.25) is 0 Å². The first-order valence-electron chi connectivity index (χ1n) is 7.48. The van der Waals surface area contributed by atoms with Gasteiger partial charge in [-0.25, -0.2) is 0 Å². The molecular formula is C16H18N4O3S. The third-order valence-corrected chi connectivity index (χ3v) is 4.64. The molecule has 0 amide bonds. The predicted molar refractivity (Wildman–Crippen MR) is 88.8 cm³/mol. The number of nitrogens with zero attached hydrogens (tertiary/aromatic N) is 4. The van der Waals surface area contributed by atoms with Gasteiger partial charge >= 0.3 is 5.97 Å². The van der Waals surface area contributed by atoms with Crippen molar-refractivity contribution in [2.45, 2.75) is 33.2 Å². The van der Waals surface area contributed by atoms with Gasteiger partial charge in [-0.2, -0.15) is 21.4 Å². The fourth-order valence-corrected chi connectivity index (χ4v) is 3.38. The van der Waals surface area contributed by atoms with E-state index in [0.717, 1.165) is 22.5 Å². The summed E-state index contributed by atoms with van der Waals surface area (Å²) < 4.78 is 11.9. The van der Waals surface area contributed by atoms with E-state index in [4.69, 9.17) is 9.26 Å². The zero-order valence-corrected chi connectivity index (χ0v) is 14.8. The van der Waals surface area contributed by atoms with Crippen LogP contribution in [-0.4, -0.2) is 33.0 Å². The first-order chi connectivity index (χ1) is 11.5. The Hall–Kier alpha value is -2.48. The molecule has 0 unspecified atom stereocenters. The van der Waals surface area contributed by atoms with Gasteiger partial charge in [-0.15, -0.1) is 0 Å². The van der Waals surface area contributed by atoms with Crippen LogP contribution in [0, 0.1) is 13.8 Å². The number of ether oxygens (including phenoxy) is 1. The highest BCUT2D eigenvalue weighted by molar-refractivity contribution is 7.08. The van der Waals surface area contributed by atoms with Crippen molar-refractivity contribution in [1.82, 2.24) is 19.9 Å². The molecule has 0 bridgehead atoms. The molecule has 3 aromatic heterocycles. The lowest BCUT2D eigenvalue weighted by Gasteiger charge is -2.09. The van der Waals surface area contributed by atoms with E-state index in [1.165, 1.54) is 7.11 Å². The molecule has 0 spiro atoms. The molecule has 1 atom stereocenters. The average molecular weight is 346 g/mol. The Kier molecular flexibility index (Phi) is 4.48. The number of thiophene rings is 1. The second kappa shape index (κ2) is 6.56. The zero-order valence-electron chi connectivity index (χ0n) is 13.9. The second-order valence-electron chi connectivity index (χ2n) is 5.51. The molecule has 0 saturated heterocycles. The smallest absolute Gasteiger partial charge is 0.312 e. The summed E-state index contributed by atoms with van der Waals surface area (Å²) in [5.41, 5.74) is 3.49. The van der Waals surface area contributed by atoms with Gasteiger partial charge in [0.05, 0.1) is 18.7 Å². The van der Waals surface area contributed by atoms with Crippen LogP contribution in [0.15, 0.2) is 21.3 Å². The molecule has 0 fully saturated rings. The molecule has 0 aliphatic carbocycles. The van der Waals surface area contributed by atoms with E-state index < -0.39 is 0 Å². The maximum Gasteiger partial charge on any atom is 0.312 e. The van der Waals surface area contributed by atoms with Gasteiger partial charge in [0.25, 0.3) is 0 Å². The van der Waals surface area contributed by atoms with Gasteiger partial charge < -0.3 is 9.26 Å². The second-order valence-corrected chi connectivity index (χ2v) is 6.29. The van der Waals surface area contributed by atoms with Crippen molar-refractivity contribution in [3.8, 4) is 11.4 Å². The fraction of sp³-hybridized carbons (Fsp3) is 0.375. The van der Waals surface area contributed by atoms with E-state index in [1.807, 2.05) is 37.6 Å². The Morgan fingerprint density at radius 1 is 1.46 bits per heavy atom. The minimum Gasteiger partial charge on any atom is -0.469 e. The molecule has 0 N–H and O–H groups in total. The monoisotopic (exact) mass is 346 g/mol. The van der Waals surface area contributed by atoms with Crippen LogP contribution in [0.1, 0.15) is 35.7 Å². The van der Waals surface area contributed by atoms with Gasteiger partial charge in [0, 0.05) is 22.2 Å². The quantitative estimate of drug-likeness (QED) is 0.661. The number of methoxy groups -OCH3 is 1. The fourth-order valence-electron chi connectivity index (χ4n) is 2.74. The Morgan fingerprint density at radius 3 is 2.92 bits per heavy atom. The van der Waals surface area contributed by atoms with Gasteiger partial charge in [-0.1, -0.05) is 5.16 Å². The van der Waals surface area contributed by atoms with Crippen LogP contribution in [0.3, 0.4) is 0 Å². The van der Waals surface area contributed by atoms with E-state index in [-0.39, 0.29) is 11.9 Å². The molecule has 8 heteroatoms. The van der Waals surface area contributed by atoms with E-state index in [9.17, 15) is 4.79 Å². The predicted octanol–water partition coefficient (Wildman–Crippen LogP) is 2.94. The van der Waals surface area contributed by atoms with Gasteiger partial charge in [-0.05, 0) is 32.2 Å². The van der Waals surface area contributed by atoms with Gasteiger partial charge in [0.15, 0.2) is 0 Å². The van der Waals surface area contributed by atoms with Crippen molar-refractivity contribution in [2.24, 2.45) is 0 Å². The molecule has 0 aromatic carbocycles. The highest BCUT2D eigenvalue weighted by Crippen LogP contribution is 2.25. The average Bonchev–Trinajstić information content (AvgIpc) is 3.28. The summed E-state index contributed by atoms with van der Waals surface area (Å²) in [4.78, 5) is 16.2. The Labute approximate surface area is 143 Å². The molecule has 0 aliphatic heterocycles. The number of esters is 1. The third kappa shape index (κ3) is 2.96. The summed E-state index contributed by atoms with van der Waals surface area (Å²) >= 11 is 1.58. The van der Waals surface area contributed by atoms with Gasteiger partial charge in [0.2, 0.25) is 11.7 Å². The Bertz CT molecular complexity index is 851. The van der Waals surface area contributed by atoms with Crippen molar-refractivity contribution in [2.75, 3.05) is 7.11 Å². The van der Waals surface area contributed by atoms with Crippen LogP contribution in [0.5, 0.6) is 0 Å². The normalized spacial score (nSPS) is 12.3. The minimum atomic E-state index is -0.368. The Morgan fingerprint density at radius 2 is 2.25 bits per heavy atom. The van der Waals surface area contributed by atoms with Crippen molar-refractivity contribution in [3.63, 3.8) is 0 Å². The highest BCUT2D eigenvalue weighted by atomic mass is 32.1. The maximum absolute atomic E-state index is 11.8. The number of hydrogen-bond donors (Lipinski definition) is 0. The standard InChI is InChI=1S/C16H18N4O3S/c1-9(16(21)22-4)14-10(2)18-20(11(14)3)7-13-17-15(19-23-13)12-5-6-24-8-12/h5-6,8-9H,7H2,1-4H3/t9-/m1/s1. The number of hydrogen-bond acceptors (Lipinski definition) is 7. The van der Waals surface area contributed by atoms with Crippen molar-refractivity contribution < 1.29 is 14.1 Å². The van der Waals surface area contributed by atoms with Gasteiger partial charge in [0.1, 0.15) is 6.54 Å². The summed E-state index contributed by atoms with van der Waals surface area (Å²) in [5, 5.41) is 12.4. The maximum atomic E-state index is 11.8. The highest BCUT2D eigenvalue weighted by Gasteiger charge is 2.24. The molecule has 0 saturated carbocycles. The lowest BCUT2D eigenvalue weighted by Crippen LogP contribution is -2.13. The summed E-state index contributed by atoms with van der Waals surface area (Å²) in [6, 6.07) is 1.94.